The summed E-state index contributed by atoms with van der Waals surface area (Å²) in [6.45, 7) is 1.49. The van der Waals surface area contributed by atoms with Gasteiger partial charge in [-0.1, -0.05) is 0 Å². The van der Waals surface area contributed by atoms with Crippen LogP contribution in [0.3, 0.4) is 0 Å². The third-order valence-corrected chi connectivity index (χ3v) is 3.86. The Morgan fingerprint density at radius 3 is 2.67 bits per heavy atom. The first kappa shape index (κ1) is 13.4. The molecular weight excluding hydrogens is 265 g/mol. The second kappa shape index (κ2) is 4.55. The quantitative estimate of drug-likeness (QED) is 0.889. The number of rotatable bonds is 4. The van der Waals surface area contributed by atoms with Crippen LogP contribution in [0.2, 0.25) is 0 Å². The van der Waals surface area contributed by atoms with Gasteiger partial charge in [-0.05, 0) is 24.3 Å². The van der Waals surface area contributed by atoms with E-state index in [4.69, 9.17) is 0 Å². The molecule has 3 nitrogen and oxygen atoms in total. The average Bonchev–Trinajstić information content (AvgIpc) is 2.92. The average molecular weight is 278 g/mol. The first-order chi connectivity index (χ1) is 8.34. The zero-order valence-corrected chi connectivity index (χ0v) is 10.5. The van der Waals surface area contributed by atoms with Crippen molar-refractivity contribution in [3.63, 3.8) is 0 Å². The molecule has 0 saturated heterocycles. The van der Waals surface area contributed by atoms with Gasteiger partial charge in [0.1, 0.15) is 5.54 Å². The third kappa shape index (κ3) is 2.67. The number of hydrogen-bond acceptors (Lipinski definition) is 3. The van der Waals surface area contributed by atoms with E-state index in [0.717, 1.165) is 0 Å². The molecule has 1 aromatic rings. The Morgan fingerprint density at radius 2 is 2.17 bits per heavy atom. The fraction of sp³-hybridized carbons (Fsp3) is 0.545. The molecule has 1 saturated carbocycles. The molecular formula is C11H13F3N2OS. The number of carbonyl (C=O) groups excluding carboxylic acids is 1. The van der Waals surface area contributed by atoms with Gasteiger partial charge in [-0.3, -0.25) is 10.1 Å². The molecule has 0 radical (unpaired) electrons. The van der Waals surface area contributed by atoms with Crippen LogP contribution in [-0.4, -0.2) is 17.6 Å². The zero-order chi connectivity index (χ0) is 13.4. The van der Waals surface area contributed by atoms with Crippen molar-refractivity contribution in [2.45, 2.75) is 38.0 Å². The van der Waals surface area contributed by atoms with E-state index in [1.54, 1.807) is 11.4 Å². The number of alkyl halides is 3. The molecule has 0 unspecified atom stereocenters. The van der Waals surface area contributed by atoms with E-state index >= 15 is 0 Å². The molecule has 0 atom stereocenters. The van der Waals surface area contributed by atoms with Crippen LogP contribution in [0.15, 0.2) is 11.4 Å². The molecule has 18 heavy (non-hydrogen) atoms. The van der Waals surface area contributed by atoms with Gasteiger partial charge in [0.2, 0.25) is 5.91 Å². The van der Waals surface area contributed by atoms with Gasteiger partial charge >= 0.3 is 6.18 Å². The summed E-state index contributed by atoms with van der Waals surface area (Å²) in [6.07, 6.45) is -3.97. The molecule has 0 spiro atoms. The standard InChI is InChI=1S/C11H13F3N2OS/c1-7(17)16-8-2-5-18-9(8)6-15-10(3-4-10)11(12,13)14/h2,5,15H,3-4,6H2,1H3,(H,16,17). The maximum absolute atomic E-state index is 12.7. The van der Waals surface area contributed by atoms with E-state index in [0.29, 0.717) is 10.6 Å². The minimum Gasteiger partial charge on any atom is -0.325 e. The molecule has 1 amide bonds. The van der Waals surface area contributed by atoms with Crippen LogP contribution >= 0.6 is 11.3 Å². The molecule has 1 aliphatic rings. The Morgan fingerprint density at radius 1 is 1.50 bits per heavy atom. The summed E-state index contributed by atoms with van der Waals surface area (Å²) in [5.41, 5.74) is -1.14. The van der Waals surface area contributed by atoms with Gasteiger partial charge in [-0.2, -0.15) is 13.2 Å². The summed E-state index contributed by atoms with van der Waals surface area (Å²) in [5, 5.41) is 6.90. The van der Waals surface area contributed by atoms with Gasteiger partial charge in [0.15, 0.2) is 0 Å². The van der Waals surface area contributed by atoms with E-state index in [9.17, 15) is 18.0 Å². The van der Waals surface area contributed by atoms with Crippen molar-refractivity contribution in [1.29, 1.82) is 0 Å². The highest BCUT2D eigenvalue weighted by Crippen LogP contribution is 2.49. The molecule has 1 fully saturated rings. The molecule has 1 heterocycles. The molecule has 0 bridgehead atoms. The predicted octanol–water partition coefficient (Wildman–Crippen LogP) is 2.89. The number of hydrogen-bond donors (Lipinski definition) is 2. The SMILES string of the molecule is CC(=O)Nc1ccsc1CNC1(C(F)(F)F)CC1. The van der Waals surface area contributed by atoms with Gasteiger partial charge in [0.05, 0.1) is 5.69 Å². The van der Waals surface area contributed by atoms with E-state index in [1.165, 1.54) is 18.3 Å². The number of anilines is 1. The summed E-state index contributed by atoms with van der Waals surface area (Å²) in [6, 6.07) is 1.69. The lowest BCUT2D eigenvalue weighted by Crippen LogP contribution is -2.44. The van der Waals surface area contributed by atoms with E-state index in [1.807, 2.05) is 0 Å². The smallest absolute Gasteiger partial charge is 0.325 e. The van der Waals surface area contributed by atoms with Crippen molar-refractivity contribution in [3.8, 4) is 0 Å². The number of nitrogens with one attached hydrogen (secondary N) is 2. The maximum atomic E-state index is 12.7. The molecule has 7 heteroatoms. The van der Waals surface area contributed by atoms with Gasteiger partial charge < -0.3 is 5.32 Å². The normalized spacial score (nSPS) is 17.6. The molecule has 1 aromatic heterocycles. The van der Waals surface area contributed by atoms with E-state index in [-0.39, 0.29) is 25.3 Å². The highest BCUT2D eigenvalue weighted by Gasteiger charge is 2.62. The fourth-order valence-electron chi connectivity index (χ4n) is 1.71. The van der Waals surface area contributed by atoms with Gasteiger partial charge in [-0.15, -0.1) is 11.3 Å². The Kier molecular flexibility index (Phi) is 3.37. The van der Waals surface area contributed by atoms with Crippen LogP contribution in [0.5, 0.6) is 0 Å². The maximum Gasteiger partial charge on any atom is 0.406 e. The van der Waals surface area contributed by atoms with Crippen LogP contribution in [0.4, 0.5) is 18.9 Å². The number of thiophene rings is 1. The Hall–Kier alpha value is -1.08. The minimum absolute atomic E-state index is 0.118. The monoisotopic (exact) mass is 278 g/mol. The highest BCUT2D eigenvalue weighted by atomic mass is 32.1. The number of amides is 1. The van der Waals surface area contributed by atoms with Crippen molar-refractivity contribution < 1.29 is 18.0 Å². The van der Waals surface area contributed by atoms with Crippen LogP contribution < -0.4 is 10.6 Å². The first-order valence-electron chi connectivity index (χ1n) is 5.50. The van der Waals surface area contributed by atoms with Crippen LogP contribution in [0.1, 0.15) is 24.6 Å². The van der Waals surface area contributed by atoms with Crippen molar-refractivity contribution in [2.24, 2.45) is 0 Å². The van der Waals surface area contributed by atoms with Crippen molar-refractivity contribution in [1.82, 2.24) is 5.32 Å². The lowest BCUT2D eigenvalue weighted by atomic mass is 10.2. The van der Waals surface area contributed by atoms with Crippen molar-refractivity contribution in [3.05, 3.63) is 16.3 Å². The Labute approximate surface area is 106 Å². The highest BCUT2D eigenvalue weighted by molar-refractivity contribution is 7.10. The predicted molar refractivity (Wildman–Crippen MR) is 63.5 cm³/mol. The third-order valence-electron chi connectivity index (χ3n) is 2.94. The number of halogens is 3. The number of carbonyl (C=O) groups is 1. The van der Waals surface area contributed by atoms with Crippen LogP contribution in [0, 0.1) is 0 Å². The lowest BCUT2D eigenvalue weighted by molar-refractivity contribution is -0.166. The van der Waals surface area contributed by atoms with Crippen molar-refractivity contribution >= 4 is 22.9 Å². The van der Waals surface area contributed by atoms with Crippen molar-refractivity contribution in [2.75, 3.05) is 5.32 Å². The second-order valence-corrected chi connectivity index (χ2v) is 5.37. The molecule has 0 aromatic carbocycles. The topological polar surface area (TPSA) is 41.1 Å². The first-order valence-corrected chi connectivity index (χ1v) is 6.38. The largest absolute Gasteiger partial charge is 0.406 e. The van der Waals surface area contributed by atoms with E-state index in [2.05, 4.69) is 10.6 Å². The summed E-state index contributed by atoms with van der Waals surface area (Å²) >= 11 is 1.33. The Balaban J connectivity index is 1.99. The molecule has 0 aliphatic heterocycles. The summed E-state index contributed by atoms with van der Waals surface area (Å²) in [5.74, 6) is -0.230. The lowest BCUT2D eigenvalue weighted by Gasteiger charge is -2.20. The molecule has 2 N–H and O–H groups in total. The van der Waals surface area contributed by atoms with Gasteiger partial charge in [0, 0.05) is 18.3 Å². The second-order valence-electron chi connectivity index (χ2n) is 4.37. The summed E-state index contributed by atoms with van der Waals surface area (Å²) in [7, 11) is 0. The Bertz CT molecular complexity index is 451. The fourth-order valence-corrected chi connectivity index (χ4v) is 2.48. The zero-order valence-electron chi connectivity index (χ0n) is 9.73. The van der Waals surface area contributed by atoms with Gasteiger partial charge in [0.25, 0.3) is 0 Å². The summed E-state index contributed by atoms with van der Waals surface area (Å²) < 4.78 is 38.1. The molecule has 1 aliphatic carbocycles. The van der Waals surface area contributed by atoms with Gasteiger partial charge in [-0.25, -0.2) is 0 Å². The minimum atomic E-state index is -4.21. The molecule has 2 rings (SSSR count). The summed E-state index contributed by atoms with van der Waals surface area (Å²) in [4.78, 5) is 11.6. The molecule has 100 valence electrons. The van der Waals surface area contributed by atoms with Crippen LogP contribution in [-0.2, 0) is 11.3 Å². The van der Waals surface area contributed by atoms with E-state index < -0.39 is 11.7 Å². The van der Waals surface area contributed by atoms with Crippen LogP contribution in [0.25, 0.3) is 0 Å².